The summed E-state index contributed by atoms with van der Waals surface area (Å²) in [6.07, 6.45) is 3.66. The van der Waals surface area contributed by atoms with Crippen molar-refractivity contribution in [3.05, 3.63) is 0 Å². The molecule has 1 saturated heterocycles. The van der Waals surface area contributed by atoms with Gasteiger partial charge in [0.15, 0.2) is 0 Å². The van der Waals surface area contributed by atoms with E-state index in [4.69, 9.17) is 0 Å². The number of imide groups is 1. The summed E-state index contributed by atoms with van der Waals surface area (Å²) in [5, 5.41) is 12.2. The molecule has 90 valence electrons. The van der Waals surface area contributed by atoms with Crippen LogP contribution in [-0.4, -0.2) is 47.1 Å². The van der Waals surface area contributed by atoms with Crippen LogP contribution in [0.25, 0.3) is 0 Å². The molecule has 0 aromatic heterocycles. The smallest absolute Gasteiger partial charge is 0.244 e. The summed E-state index contributed by atoms with van der Waals surface area (Å²) < 4.78 is 0. The van der Waals surface area contributed by atoms with Crippen LogP contribution in [0, 0.1) is 0 Å². The summed E-state index contributed by atoms with van der Waals surface area (Å²) in [5.74, 6) is -0.447. The minimum absolute atomic E-state index is 0.00963. The second-order valence-corrected chi connectivity index (χ2v) is 4.72. The standard InChI is InChI=1S/C11H18N2O3/c1-13(7-4-2-3-5-9(7)14)8-6-10(15)12-11(8)16/h7-9,14H,2-6H2,1H3,(H,12,15,16). The first-order valence-electron chi connectivity index (χ1n) is 5.83. The Labute approximate surface area is 94.8 Å². The summed E-state index contributed by atoms with van der Waals surface area (Å²) in [4.78, 5) is 24.5. The van der Waals surface area contributed by atoms with Crippen LogP contribution in [0.3, 0.4) is 0 Å². The first kappa shape index (κ1) is 11.5. The fraction of sp³-hybridized carbons (Fsp3) is 0.818. The Kier molecular flexibility index (Phi) is 3.25. The fourth-order valence-corrected chi connectivity index (χ4v) is 2.67. The van der Waals surface area contributed by atoms with Crippen molar-refractivity contribution in [3.63, 3.8) is 0 Å². The first-order valence-corrected chi connectivity index (χ1v) is 5.83. The molecule has 3 unspecified atom stereocenters. The lowest BCUT2D eigenvalue weighted by molar-refractivity contribution is -0.127. The van der Waals surface area contributed by atoms with Gasteiger partial charge in [-0.25, -0.2) is 0 Å². The SMILES string of the molecule is CN(C1CC(=O)NC1=O)C1CCCCC1O. The lowest BCUT2D eigenvalue weighted by Crippen LogP contribution is -2.50. The average molecular weight is 226 g/mol. The van der Waals surface area contributed by atoms with E-state index in [1.807, 2.05) is 11.9 Å². The third kappa shape index (κ3) is 2.10. The number of rotatable bonds is 2. The summed E-state index contributed by atoms with van der Waals surface area (Å²) in [7, 11) is 1.82. The molecule has 2 rings (SSSR count). The molecule has 2 aliphatic rings. The molecular formula is C11H18N2O3. The number of carbonyl (C=O) groups is 2. The number of hydrogen-bond acceptors (Lipinski definition) is 4. The summed E-state index contributed by atoms with van der Waals surface area (Å²) in [5.41, 5.74) is 0. The number of aliphatic hydroxyl groups excluding tert-OH is 1. The third-order valence-electron chi connectivity index (χ3n) is 3.65. The van der Waals surface area contributed by atoms with Crippen molar-refractivity contribution in [2.75, 3.05) is 7.05 Å². The highest BCUT2D eigenvalue weighted by Gasteiger charge is 2.39. The Morgan fingerprint density at radius 2 is 2.00 bits per heavy atom. The van der Waals surface area contributed by atoms with Crippen molar-refractivity contribution >= 4 is 11.8 Å². The molecule has 5 nitrogen and oxygen atoms in total. The predicted molar refractivity (Wildman–Crippen MR) is 57.6 cm³/mol. The second kappa shape index (κ2) is 4.51. The van der Waals surface area contributed by atoms with Crippen LogP contribution in [0.15, 0.2) is 0 Å². The van der Waals surface area contributed by atoms with E-state index in [2.05, 4.69) is 5.32 Å². The van der Waals surface area contributed by atoms with Gasteiger partial charge in [-0.2, -0.15) is 0 Å². The van der Waals surface area contributed by atoms with Gasteiger partial charge in [-0.3, -0.25) is 19.8 Å². The van der Waals surface area contributed by atoms with Gasteiger partial charge in [-0.1, -0.05) is 12.8 Å². The molecular weight excluding hydrogens is 208 g/mol. The largest absolute Gasteiger partial charge is 0.391 e. The predicted octanol–water partition coefficient (Wildman–Crippen LogP) is -0.363. The molecule has 2 fully saturated rings. The highest BCUT2D eigenvalue weighted by molar-refractivity contribution is 6.05. The Morgan fingerprint density at radius 1 is 1.31 bits per heavy atom. The van der Waals surface area contributed by atoms with Crippen LogP contribution in [0.4, 0.5) is 0 Å². The quantitative estimate of drug-likeness (QED) is 0.631. The molecule has 1 aliphatic carbocycles. The fourth-order valence-electron chi connectivity index (χ4n) is 2.67. The summed E-state index contributed by atoms with van der Waals surface area (Å²) in [6.45, 7) is 0. The van der Waals surface area contributed by atoms with Crippen molar-refractivity contribution in [2.24, 2.45) is 0 Å². The molecule has 1 saturated carbocycles. The highest BCUT2D eigenvalue weighted by Crippen LogP contribution is 2.25. The zero-order chi connectivity index (χ0) is 11.7. The van der Waals surface area contributed by atoms with E-state index in [9.17, 15) is 14.7 Å². The van der Waals surface area contributed by atoms with Gasteiger partial charge < -0.3 is 5.11 Å². The van der Waals surface area contributed by atoms with Crippen molar-refractivity contribution in [1.29, 1.82) is 0 Å². The monoisotopic (exact) mass is 226 g/mol. The molecule has 0 spiro atoms. The molecule has 0 aromatic carbocycles. The Morgan fingerprint density at radius 3 is 2.56 bits per heavy atom. The Balaban J connectivity index is 2.03. The number of aliphatic hydroxyl groups is 1. The molecule has 2 amide bonds. The van der Waals surface area contributed by atoms with E-state index in [1.165, 1.54) is 0 Å². The van der Waals surface area contributed by atoms with E-state index in [0.717, 1.165) is 25.7 Å². The number of amides is 2. The zero-order valence-electron chi connectivity index (χ0n) is 9.48. The van der Waals surface area contributed by atoms with E-state index in [0.29, 0.717) is 0 Å². The van der Waals surface area contributed by atoms with Crippen molar-refractivity contribution in [1.82, 2.24) is 10.2 Å². The molecule has 1 aliphatic heterocycles. The van der Waals surface area contributed by atoms with Gasteiger partial charge in [-0.05, 0) is 19.9 Å². The molecule has 16 heavy (non-hydrogen) atoms. The minimum atomic E-state index is -0.398. The van der Waals surface area contributed by atoms with Crippen LogP contribution in [0.1, 0.15) is 32.1 Å². The van der Waals surface area contributed by atoms with E-state index in [-0.39, 0.29) is 30.4 Å². The van der Waals surface area contributed by atoms with Gasteiger partial charge in [0.05, 0.1) is 18.6 Å². The van der Waals surface area contributed by atoms with Crippen LogP contribution < -0.4 is 5.32 Å². The highest BCUT2D eigenvalue weighted by atomic mass is 16.3. The molecule has 5 heteroatoms. The van der Waals surface area contributed by atoms with Crippen LogP contribution in [0.5, 0.6) is 0 Å². The number of hydrogen-bond donors (Lipinski definition) is 2. The molecule has 0 aromatic rings. The first-order chi connectivity index (χ1) is 7.59. The number of nitrogens with one attached hydrogen (secondary N) is 1. The molecule has 0 radical (unpaired) electrons. The van der Waals surface area contributed by atoms with Gasteiger partial charge in [0, 0.05) is 6.04 Å². The van der Waals surface area contributed by atoms with Crippen LogP contribution in [0.2, 0.25) is 0 Å². The van der Waals surface area contributed by atoms with E-state index < -0.39 is 6.04 Å². The maximum Gasteiger partial charge on any atom is 0.244 e. The lowest BCUT2D eigenvalue weighted by Gasteiger charge is -2.37. The maximum atomic E-state index is 11.5. The van der Waals surface area contributed by atoms with Gasteiger partial charge in [0.1, 0.15) is 0 Å². The van der Waals surface area contributed by atoms with Crippen molar-refractivity contribution < 1.29 is 14.7 Å². The zero-order valence-corrected chi connectivity index (χ0v) is 9.48. The summed E-state index contributed by atoms with van der Waals surface area (Å²) in [6, 6.07) is -0.388. The minimum Gasteiger partial charge on any atom is -0.391 e. The molecule has 2 N–H and O–H groups in total. The molecule has 0 bridgehead atoms. The van der Waals surface area contributed by atoms with Crippen LogP contribution >= 0.6 is 0 Å². The van der Waals surface area contributed by atoms with Gasteiger partial charge in [-0.15, -0.1) is 0 Å². The van der Waals surface area contributed by atoms with Gasteiger partial charge in [0.2, 0.25) is 11.8 Å². The number of carbonyl (C=O) groups excluding carboxylic acids is 2. The van der Waals surface area contributed by atoms with E-state index >= 15 is 0 Å². The maximum absolute atomic E-state index is 11.5. The van der Waals surface area contributed by atoms with Crippen LogP contribution in [-0.2, 0) is 9.59 Å². The average Bonchev–Trinajstić information content (AvgIpc) is 2.58. The normalized spacial score (nSPS) is 35.6. The van der Waals surface area contributed by atoms with Crippen molar-refractivity contribution in [3.8, 4) is 0 Å². The summed E-state index contributed by atoms with van der Waals surface area (Å²) >= 11 is 0. The van der Waals surface area contributed by atoms with Gasteiger partial charge >= 0.3 is 0 Å². The van der Waals surface area contributed by atoms with Gasteiger partial charge in [0.25, 0.3) is 0 Å². The Bertz CT molecular complexity index is 306. The number of nitrogens with zero attached hydrogens (tertiary/aromatic N) is 1. The van der Waals surface area contributed by atoms with E-state index in [1.54, 1.807) is 0 Å². The third-order valence-corrected chi connectivity index (χ3v) is 3.65. The Hall–Kier alpha value is -0.940. The lowest BCUT2D eigenvalue weighted by atomic mass is 9.90. The molecule has 1 heterocycles. The topological polar surface area (TPSA) is 69.6 Å². The molecule has 3 atom stereocenters. The van der Waals surface area contributed by atoms with Crippen molar-refractivity contribution in [2.45, 2.75) is 50.3 Å². The second-order valence-electron chi connectivity index (χ2n) is 4.72. The number of likely N-dealkylation sites (N-methyl/N-ethyl adjacent to an activating group) is 1.